The van der Waals surface area contributed by atoms with E-state index < -0.39 is 17.3 Å². The lowest BCUT2D eigenvalue weighted by molar-refractivity contribution is -0.140. The second-order valence-corrected chi connectivity index (χ2v) is 4.66. The molecule has 0 unspecified atom stereocenters. The predicted molar refractivity (Wildman–Crippen MR) is 61.1 cm³/mol. The number of ether oxygens (including phenoxy) is 1. The average molecular weight is 256 g/mol. The summed E-state index contributed by atoms with van der Waals surface area (Å²) in [5, 5.41) is 9.27. The monoisotopic (exact) mass is 256 g/mol. The van der Waals surface area contributed by atoms with E-state index in [9.17, 15) is 18.7 Å². The Kier molecular flexibility index (Phi) is 2.80. The highest BCUT2D eigenvalue weighted by Crippen LogP contribution is 2.54. The molecule has 2 rings (SSSR count). The third-order valence-corrected chi connectivity index (χ3v) is 3.36. The van der Waals surface area contributed by atoms with Gasteiger partial charge in [-0.25, -0.2) is 8.78 Å². The molecule has 18 heavy (non-hydrogen) atoms. The standard InChI is InChI=1S/C13H14F2O3/c1-12(14,15)8-4-3-5-9(18-2)10(8)13(6-7-13)11(16)17/h3-5H,6-7H2,1-2H3,(H,16,17). The fourth-order valence-electron chi connectivity index (χ4n) is 2.26. The van der Waals surface area contributed by atoms with Crippen molar-refractivity contribution < 1.29 is 23.4 Å². The summed E-state index contributed by atoms with van der Waals surface area (Å²) in [6.45, 7) is 0.767. The van der Waals surface area contributed by atoms with E-state index in [1.165, 1.54) is 25.3 Å². The molecular weight excluding hydrogens is 242 g/mol. The number of benzene rings is 1. The van der Waals surface area contributed by atoms with Gasteiger partial charge in [-0.3, -0.25) is 4.79 Å². The minimum atomic E-state index is -3.09. The van der Waals surface area contributed by atoms with Crippen LogP contribution in [-0.2, 0) is 16.1 Å². The van der Waals surface area contributed by atoms with Crippen LogP contribution in [0.2, 0.25) is 0 Å². The number of hydrogen-bond acceptors (Lipinski definition) is 2. The van der Waals surface area contributed by atoms with Crippen LogP contribution in [0.25, 0.3) is 0 Å². The molecule has 1 saturated carbocycles. The Bertz CT molecular complexity index is 487. The molecule has 1 fully saturated rings. The summed E-state index contributed by atoms with van der Waals surface area (Å²) in [7, 11) is 1.36. The molecule has 1 aliphatic rings. The zero-order valence-corrected chi connectivity index (χ0v) is 10.2. The number of aliphatic carboxylic acids is 1. The second kappa shape index (κ2) is 3.93. The van der Waals surface area contributed by atoms with Crippen molar-refractivity contribution in [3.63, 3.8) is 0 Å². The van der Waals surface area contributed by atoms with Gasteiger partial charge in [0.2, 0.25) is 0 Å². The molecule has 1 aromatic rings. The molecule has 0 aliphatic heterocycles. The summed E-state index contributed by atoms with van der Waals surface area (Å²) in [5.74, 6) is -3.94. The summed E-state index contributed by atoms with van der Waals surface area (Å²) >= 11 is 0. The molecule has 0 saturated heterocycles. The van der Waals surface area contributed by atoms with E-state index in [4.69, 9.17) is 4.74 Å². The molecule has 0 amide bonds. The van der Waals surface area contributed by atoms with Gasteiger partial charge >= 0.3 is 5.97 Å². The quantitative estimate of drug-likeness (QED) is 0.901. The van der Waals surface area contributed by atoms with E-state index in [-0.39, 0.29) is 16.9 Å². The average Bonchev–Trinajstić information content (AvgIpc) is 3.07. The molecule has 0 radical (unpaired) electrons. The van der Waals surface area contributed by atoms with Gasteiger partial charge in [0.05, 0.1) is 12.5 Å². The number of carboxylic acids is 1. The Labute approximate surface area is 103 Å². The van der Waals surface area contributed by atoms with Crippen molar-refractivity contribution in [2.75, 3.05) is 7.11 Å². The molecular formula is C13H14F2O3. The van der Waals surface area contributed by atoms with E-state index in [1.54, 1.807) is 0 Å². The lowest BCUT2D eigenvalue weighted by Crippen LogP contribution is -2.25. The molecule has 0 heterocycles. The molecule has 1 aromatic carbocycles. The molecule has 0 atom stereocenters. The minimum absolute atomic E-state index is 0.118. The van der Waals surface area contributed by atoms with Gasteiger partial charge in [0.15, 0.2) is 0 Å². The van der Waals surface area contributed by atoms with Crippen LogP contribution in [0, 0.1) is 0 Å². The number of rotatable bonds is 4. The van der Waals surface area contributed by atoms with Gasteiger partial charge in [-0.1, -0.05) is 12.1 Å². The van der Waals surface area contributed by atoms with Gasteiger partial charge in [-0.15, -0.1) is 0 Å². The summed E-state index contributed by atoms with van der Waals surface area (Å²) in [5.41, 5.74) is -1.35. The molecule has 98 valence electrons. The number of hydrogen-bond donors (Lipinski definition) is 1. The maximum absolute atomic E-state index is 13.6. The molecule has 0 bridgehead atoms. The minimum Gasteiger partial charge on any atom is -0.496 e. The molecule has 0 spiro atoms. The van der Waals surface area contributed by atoms with Crippen molar-refractivity contribution >= 4 is 5.97 Å². The summed E-state index contributed by atoms with van der Waals surface area (Å²) in [6.07, 6.45) is 0.734. The van der Waals surface area contributed by atoms with Gasteiger partial charge < -0.3 is 9.84 Å². The molecule has 5 heteroatoms. The van der Waals surface area contributed by atoms with Gasteiger partial charge in [-0.2, -0.15) is 0 Å². The number of carbonyl (C=O) groups is 1. The van der Waals surface area contributed by atoms with Crippen molar-refractivity contribution in [2.24, 2.45) is 0 Å². The molecule has 0 aromatic heterocycles. The Morgan fingerprint density at radius 2 is 2.06 bits per heavy atom. The predicted octanol–water partition coefficient (Wildman–Crippen LogP) is 2.92. The highest BCUT2D eigenvalue weighted by Gasteiger charge is 2.56. The maximum Gasteiger partial charge on any atom is 0.314 e. The number of alkyl halides is 2. The Balaban J connectivity index is 2.67. The lowest BCUT2D eigenvalue weighted by Gasteiger charge is -2.22. The summed E-state index contributed by atoms with van der Waals surface area (Å²) in [6, 6.07) is 4.24. The fourth-order valence-corrected chi connectivity index (χ4v) is 2.26. The van der Waals surface area contributed by atoms with E-state index >= 15 is 0 Å². The molecule has 3 nitrogen and oxygen atoms in total. The van der Waals surface area contributed by atoms with Gasteiger partial charge in [0.25, 0.3) is 5.92 Å². The van der Waals surface area contributed by atoms with Gasteiger partial charge in [0, 0.05) is 18.1 Å². The topological polar surface area (TPSA) is 46.5 Å². The second-order valence-electron chi connectivity index (χ2n) is 4.66. The van der Waals surface area contributed by atoms with Crippen LogP contribution >= 0.6 is 0 Å². The van der Waals surface area contributed by atoms with Crippen molar-refractivity contribution in [3.05, 3.63) is 29.3 Å². The van der Waals surface area contributed by atoms with Crippen LogP contribution in [0.5, 0.6) is 5.75 Å². The first-order valence-electron chi connectivity index (χ1n) is 5.62. The smallest absolute Gasteiger partial charge is 0.314 e. The van der Waals surface area contributed by atoms with Crippen LogP contribution < -0.4 is 4.74 Å². The molecule has 1 N–H and O–H groups in total. The Morgan fingerprint density at radius 1 is 1.44 bits per heavy atom. The third-order valence-electron chi connectivity index (χ3n) is 3.36. The SMILES string of the molecule is COc1cccc(C(C)(F)F)c1C1(C(=O)O)CC1. The number of methoxy groups -OCH3 is 1. The summed E-state index contributed by atoms with van der Waals surface area (Å²) < 4.78 is 32.3. The van der Waals surface area contributed by atoms with Gasteiger partial charge in [-0.05, 0) is 18.9 Å². The Morgan fingerprint density at radius 3 is 2.44 bits per heavy atom. The zero-order valence-electron chi connectivity index (χ0n) is 10.2. The normalized spacial score (nSPS) is 17.3. The van der Waals surface area contributed by atoms with Crippen LogP contribution in [0.4, 0.5) is 8.78 Å². The first-order chi connectivity index (χ1) is 8.33. The van der Waals surface area contributed by atoms with Crippen LogP contribution in [0.1, 0.15) is 30.9 Å². The van der Waals surface area contributed by atoms with Gasteiger partial charge in [0.1, 0.15) is 5.75 Å². The zero-order chi connectivity index (χ0) is 13.6. The van der Waals surface area contributed by atoms with E-state index in [2.05, 4.69) is 0 Å². The third kappa shape index (κ3) is 1.83. The Hall–Kier alpha value is -1.65. The maximum atomic E-state index is 13.6. The first-order valence-corrected chi connectivity index (χ1v) is 5.62. The van der Waals surface area contributed by atoms with E-state index in [0.717, 1.165) is 6.92 Å². The van der Waals surface area contributed by atoms with Crippen LogP contribution in [-0.4, -0.2) is 18.2 Å². The van der Waals surface area contributed by atoms with Crippen molar-refractivity contribution in [2.45, 2.75) is 31.1 Å². The highest BCUT2D eigenvalue weighted by molar-refractivity contribution is 5.86. The largest absolute Gasteiger partial charge is 0.496 e. The van der Waals surface area contributed by atoms with Crippen molar-refractivity contribution in [1.82, 2.24) is 0 Å². The van der Waals surface area contributed by atoms with Crippen molar-refractivity contribution in [3.8, 4) is 5.75 Å². The fraction of sp³-hybridized carbons (Fsp3) is 0.462. The van der Waals surface area contributed by atoms with Crippen molar-refractivity contribution in [1.29, 1.82) is 0 Å². The van der Waals surface area contributed by atoms with Crippen LogP contribution in [0.3, 0.4) is 0 Å². The molecule has 1 aliphatic carbocycles. The van der Waals surface area contributed by atoms with E-state index in [0.29, 0.717) is 12.8 Å². The number of carboxylic acid groups (broad SMARTS) is 1. The van der Waals surface area contributed by atoms with Crippen LogP contribution in [0.15, 0.2) is 18.2 Å². The lowest BCUT2D eigenvalue weighted by atomic mass is 9.88. The number of halogens is 2. The first kappa shape index (κ1) is 12.8. The van der Waals surface area contributed by atoms with E-state index in [1.807, 2.05) is 0 Å². The summed E-state index contributed by atoms with van der Waals surface area (Å²) in [4.78, 5) is 11.3. The highest BCUT2D eigenvalue weighted by atomic mass is 19.3.